The van der Waals surface area contributed by atoms with Crippen molar-refractivity contribution in [3.63, 3.8) is 0 Å². The van der Waals surface area contributed by atoms with Crippen LogP contribution in [0.3, 0.4) is 0 Å². The van der Waals surface area contributed by atoms with E-state index in [4.69, 9.17) is 4.74 Å². The van der Waals surface area contributed by atoms with Gasteiger partial charge in [0.25, 0.3) is 0 Å². The number of aromatic nitrogens is 4. The van der Waals surface area contributed by atoms with Gasteiger partial charge in [-0.05, 0) is 24.3 Å². The average molecular weight is 344 g/mol. The van der Waals surface area contributed by atoms with Crippen molar-refractivity contribution >= 4 is 5.97 Å². The van der Waals surface area contributed by atoms with Gasteiger partial charge >= 0.3 is 5.97 Å². The van der Waals surface area contributed by atoms with Gasteiger partial charge in [-0.3, -0.25) is 5.10 Å². The number of H-pyrrole nitrogens is 1. The van der Waals surface area contributed by atoms with Crippen molar-refractivity contribution in [1.82, 2.24) is 20.0 Å². The number of ether oxygens (including phenoxy) is 1. The number of benzene rings is 2. The molecule has 0 atom stereocenters. The smallest absolute Gasteiger partial charge is 0.356 e. The minimum atomic E-state index is -0.464. The van der Waals surface area contributed by atoms with E-state index in [-0.39, 0.29) is 6.61 Å². The molecule has 0 aliphatic heterocycles. The van der Waals surface area contributed by atoms with Crippen molar-refractivity contribution in [1.29, 1.82) is 0 Å². The highest BCUT2D eigenvalue weighted by Gasteiger charge is 2.13. The Labute approximate surface area is 150 Å². The summed E-state index contributed by atoms with van der Waals surface area (Å²) in [6.07, 6.45) is 1.84. The lowest BCUT2D eigenvalue weighted by Gasteiger charge is -2.01. The number of rotatable bonds is 5. The van der Waals surface area contributed by atoms with Crippen LogP contribution in [0.15, 0.2) is 79.0 Å². The van der Waals surface area contributed by atoms with Gasteiger partial charge in [0.15, 0.2) is 0 Å². The van der Waals surface area contributed by atoms with Crippen LogP contribution in [0.25, 0.3) is 16.9 Å². The highest BCUT2D eigenvalue weighted by molar-refractivity contribution is 5.88. The molecule has 0 bridgehead atoms. The molecular weight excluding hydrogens is 328 g/mol. The quantitative estimate of drug-likeness (QED) is 0.561. The summed E-state index contributed by atoms with van der Waals surface area (Å²) in [6, 6.07) is 22.9. The third kappa shape index (κ3) is 3.39. The normalized spacial score (nSPS) is 10.6. The number of nitrogens with one attached hydrogen (secondary N) is 1. The molecule has 4 rings (SSSR count). The van der Waals surface area contributed by atoms with Crippen molar-refractivity contribution in [3.8, 4) is 16.9 Å². The summed E-state index contributed by atoms with van der Waals surface area (Å²) in [6.45, 7) is 0.0956. The monoisotopic (exact) mass is 344 g/mol. The number of esters is 1. The van der Waals surface area contributed by atoms with Crippen LogP contribution in [0.5, 0.6) is 0 Å². The molecule has 6 nitrogen and oxygen atoms in total. The lowest BCUT2D eigenvalue weighted by molar-refractivity contribution is 0.0460. The minimum Gasteiger partial charge on any atom is -0.454 e. The highest BCUT2D eigenvalue weighted by Crippen LogP contribution is 2.17. The van der Waals surface area contributed by atoms with Gasteiger partial charge in [-0.2, -0.15) is 10.2 Å². The Balaban J connectivity index is 1.40. The second-order valence-electron chi connectivity index (χ2n) is 5.70. The van der Waals surface area contributed by atoms with E-state index in [0.717, 1.165) is 11.3 Å². The molecule has 0 aliphatic rings. The molecule has 128 valence electrons. The van der Waals surface area contributed by atoms with Crippen LogP contribution < -0.4 is 0 Å². The first-order chi connectivity index (χ1) is 12.8. The fourth-order valence-electron chi connectivity index (χ4n) is 2.56. The van der Waals surface area contributed by atoms with E-state index in [0.29, 0.717) is 17.1 Å². The molecule has 6 heteroatoms. The molecule has 1 N–H and O–H groups in total. The maximum absolute atomic E-state index is 12.2. The molecule has 26 heavy (non-hydrogen) atoms. The molecule has 2 heterocycles. The Hall–Kier alpha value is -3.67. The molecule has 0 radical (unpaired) electrons. The predicted molar refractivity (Wildman–Crippen MR) is 96.7 cm³/mol. The molecule has 0 saturated carbocycles. The lowest BCUT2D eigenvalue weighted by Crippen LogP contribution is -2.06. The Morgan fingerprint density at radius 2 is 1.73 bits per heavy atom. The Kier molecular flexibility index (Phi) is 4.30. The fraction of sp³-hybridized carbons (Fsp3) is 0.0500. The zero-order valence-electron chi connectivity index (χ0n) is 13.9. The van der Waals surface area contributed by atoms with Crippen molar-refractivity contribution in [3.05, 3.63) is 90.4 Å². The van der Waals surface area contributed by atoms with E-state index < -0.39 is 5.97 Å². The van der Waals surface area contributed by atoms with Gasteiger partial charge in [-0.1, -0.05) is 48.5 Å². The number of para-hydroxylation sites is 1. The van der Waals surface area contributed by atoms with Crippen molar-refractivity contribution < 1.29 is 9.53 Å². The zero-order valence-corrected chi connectivity index (χ0v) is 13.9. The largest absolute Gasteiger partial charge is 0.454 e. The van der Waals surface area contributed by atoms with Crippen LogP contribution >= 0.6 is 0 Å². The standard InChI is InChI=1S/C20H16N4O2/c25-20(19-13-18(21-22-19)15-7-3-1-4-8-15)26-14-16-11-12-24(23-16)17-9-5-2-6-10-17/h1-13H,14H2,(H,21,22). The molecule has 0 amide bonds. The third-order valence-electron chi connectivity index (χ3n) is 3.88. The summed E-state index contributed by atoms with van der Waals surface area (Å²) in [5.74, 6) is -0.464. The number of hydrogen-bond donors (Lipinski definition) is 1. The number of aromatic amines is 1. The predicted octanol–water partition coefficient (Wildman–Crippen LogP) is 3.62. The fourth-order valence-corrected chi connectivity index (χ4v) is 2.56. The van der Waals surface area contributed by atoms with Crippen LogP contribution in [0.1, 0.15) is 16.2 Å². The maximum Gasteiger partial charge on any atom is 0.356 e. The molecule has 4 aromatic rings. The number of carbonyl (C=O) groups is 1. The molecule has 0 aliphatic carbocycles. The summed E-state index contributed by atoms with van der Waals surface area (Å²) in [5.41, 5.74) is 3.57. The lowest BCUT2D eigenvalue weighted by atomic mass is 10.1. The van der Waals surface area contributed by atoms with Crippen molar-refractivity contribution in [2.75, 3.05) is 0 Å². The van der Waals surface area contributed by atoms with E-state index in [2.05, 4.69) is 15.3 Å². The SMILES string of the molecule is O=C(OCc1ccn(-c2ccccc2)n1)c1cc(-c2ccccc2)n[nH]1. The minimum absolute atomic E-state index is 0.0956. The summed E-state index contributed by atoms with van der Waals surface area (Å²) >= 11 is 0. The Bertz CT molecular complexity index is 1010. The highest BCUT2D eigenvalue weighted by atomic mass is 16.5. The summed E-state index contributed by atoms with van der Waals surface area (Å²) < 4.78 is 7.07. The molecular formula is C20H16N4O2. The van der Waals surface area contributed by atoms with Gasteiger partial charge in [0.2, 0.25) is 0 Å². The number of hydrogen-bond acceptors (Lipinski definition) is 4. The van der Waals surface area contributed by atoms with Gasteiger partial charge in [0, 0.05) is 11.8 Å². The van der Waals surface area contributed by atoms with E-state index in [9.17, 15) is 4.79 Å². The van der Waals surface area contributed by atoms with E-state index in [1.165, 1.54) is 0 Å². The average Bonchev–Trinajstić information content (AvgIpc) is 3.37. The third-order valence-corrected chi connectivity index (χ3v) is 3.88. The summed E-state index contributed by atoms with van der Waals surface area (Å²) in [7, 11) is 0. The van der Waals surface area contributed by atoms with Gasteiger partial charge in [-0.15, -0.1) is 0 Å². The second kappa shape index (κ2) is 7.06. The summed E-state index contributed by atoms with van der Waals surface area (Å²) in [4.78, 5) is 12.2. The molecule has 0 fully saturated rings. The van der Waals surface area contributed by atoms with E-state index in [1.54, 1.807) is 10.7 Å². The summed E-state index contributed by atoms with van der Waals surface area (Å²) in [5, 5.41) is 11.3. The van der Waals surface area contributed by atoms with Crippen LogP contribution in [-0.4, -0.2) is 25.9 Å². The first-order valence-corrected chi connectivity index (χ1v) is 8.17. The van der Waals surface area contributed by atoms with Crippen molar-refractivity contribution in [2.24, 2.45) is 0 Å². The van der Waals surface area contributed by atoms with Gasteiger partial charge < -0.3 is 4.74 Å². The molecule has 2 aromatic heterocycles. The second-order valence-corrected chi connectivity index (χ2v) is 5.70. The zero-order chi connectivity index (χ0) is 17.8. The van der Waals surface area contributed by atoms with E-state index >= 15 is 0 Å². The van der Waals surface area contributed by atoms with Crippen LogP contribution in [0.2, 0.25) is 0 Å². The first kappa shape index (κ1) is 15.8. The first-order valence-electron chi connectivity index (χ1n) is 8.17. The van der Waals surface area contributed by atoms with Gasteiger partial charge in [-0.25, -0.2) is 9.48 Å². The molecule has 0 saturated heterocycles. The number of carbonyl (C=O) groups excluding carboxylic acids is 1. The van der Waals surface area contributed by atoms with Gasteiger partial charge in [0.05, 0.1) is 11.4 Å². The topological polar surface area (TPSA) is 72.8 Å². The van der Waals surface area contributed by atoms with E-state index in [1.807, 2.05) is 72.9 Å². The Morgan fingerprint density at radius 1 is 1.00 bits per heavy atom. The van der Waals surface area contributed by atoms with Gasteiger partial charge in [0.1, 0.15) is 18.0 Å². The molecule has 0 unspecified atom stereocenters. The Morgan fingerprint density at radius 3 is 2.50 bits per heavy atom. The van der Waals surface area contributed by atoms with Crippen LogP contribution in [0, 0.1) is 0 Å². The number of nitrogens with zero attached hydrogens (tertiary/aromatic N) is 3. The van der Waals surface area contributed by atoms with Crippen LogP contribution in [-0.2, 0) is 11.3 Å². The van der Waals surface area contributed by atoms with Crippen LogP contribution in [0.4, 0.5) is 0 Å². The van der Waals surface area contributed by atoms with Crippen molar-refractivity contribution in [2.45, 2.75) is 6.61 Å². The maximum atomic E-state index is 12.2. The molecule has 0 spiro atoms. The molecule has 2 aromatic carbocycles.